The molecular formula is C10H14N2O5. The number of hydrogen-bond acceptors (Lipinski definition) is 6. The van der Waals surface area contributed by atoms with Crippen LogP contribution < -0.4 is 5.32 Å². The highest BCUT2D eigenvalue weighted by molar-refractivity contribution is 5.62. The summed E-state index contributed by atoms with van der Waals surface area (Å²) in [6.45, 7) is -0.622. The predicted octanol–water partition coefficient (Wildman–Crippen LogP) is 0.0231. The molecule has 7 nitrogen and oxygen atoms in total. The fourth-order valence-corrected chi connectivity index (χ4v) is 1.42. The minimum absolute atomic E-state index is 0.178. The first-order chi connectivity index (χ1) is 8.01. The quantitative estimate of drug-likeness (QED) is 0.427. The lowest BCUT2D eigenvalue weighted by molar-refractivity contribution is -0.384. The molecule has 2 unspecified atom stereocenters. The van der Waals surface area contributed by atoms with Crippen molar-refractivity contribution in [3.63, 3.8) is 0 Å². The van der Waals surface area contributed by atoms with Gasteiger partial charge in [0.05, 0.1) is 11.5 Å². The van der Waals surface area contributed by atoms with Gasteiger partial charge >= 0.3 is 0 Å². The summed E-state index contributed by atoms with van der Waals surface area (Å²) in [7, 11) is 1.54. The van der Waals surface area contributed by atoms with Gasteiger partial charge in [-0.05, 0) is 11.6 Å². The van der Waals surface area contributed by atoms with Crippen molar-refractivity contribution in [2.24, 2.45) is 0 Å². The lowest BCUT2D eigenvalue weighted by atomic mass is 10.0. The minimum atomic E-state index is -1.37. The van der Waals surface area contributed by atoms with Crippen molar-refractivity contribution in [2.75, 3.05) is 19.0 Å². The van der Waals surface area contributed by atoms with Crippen LogP contribution in [-0.4, -0.2) is 40.0 Å². The van der Waals surface area contributed by atoms with Crippen LogP contribution in [0.25, 0.3) is 0 Å². The van der Waals surface area contributed by atoms with Gasteiger partial charge in [-0.1, -0.05) is 6.07 Å². The number of benzene rings is 1. The average Bonchev–Trinajstić information content (AvgIpc) is 2.35. The first-order valence-electron chi connectivity index (χ1n) is 4.94. The molecule has 0 aliphatic rings. The van der Waals surface area contributed by atoms with Gasteiger partial charge in [-0.2, -0.15) is 0 Å². The van der Waals surface area contributed by atoms with Gasteiger partial charge in [0.15, 0.2) is 0 Å². The molecule has 7 heteroatoms. The summed E-state index contributed by atoms with van der Waals surface area (Å²) in [6, 6.07) is 4.04. The molecule has 0 heterocycles. The Labute approximate surface area is 97.5 Å². The Morgan fingerprint density at radius 1 is 1.47 bits per heavy atom. The molecule has 0 aliphatic carbocycles. The maximum absolute atomic E-state index is 10.8. The van der Waals surface area contributed by atoms with Crippen LogP contribution in [0.5, 0.6) is 0 Å². The van der Waals surface area contributed by atoms with E-state index in [1.165, 1.54) is 12.1 Å². The zero-order chi connectivity index (χ0) is 13.0. The van der Waals surface area contributed by atoms with Crippen LogP contribution in [-0.2, 0) is 0 Å². The van der Waals surface area contributed by atoms with Crippen LogP contribution in [0.2, 0.25) is 0 Å². The average molecular weight is 242 g/mol. The molecule has 4 N–H and O–H groups in total. The highest BCUT2D eigenvalue weighted by atomic mass is 16.6. The second-order valence-corrected chi connectivity index (χ2v) is 3.48. The monoisotopic (exact) mass is 242 g/mol. The number of anilines is 1. The molecule has 2 atom stereocenters. The van der Waals surface area contributed by atoms with E-state index in [0.29, 0.717) is 5.69 Å². The first-order valence-corrected chi connectivity index (χ1v) is 4.94. The lowest BCUT2D eigenvalue weighted by Crippen LogP contribution is -2.22. The van der Waals surface area contributed by atoms with E-state index in [1.807, 2.05) is 0 Å². The third kappa shape index (κ3) is 2.90. The van der Waals surface area contributed by atoms with Crippen molar-refractivity contribution >= 4 is 11.4 Å². The van der Waals surface area contributed by atoms with Crippen molar-refractivity contribution in [2.45, 2.75) is 12.2 Å². The zero-order valence-electron chi connectivity index (χ0n) is 9.20. The maximum atomic E-state index is 10.8. The SMILES string of the molecule is CNc1ccc(C(O)C(O)CO)cc1[N+](=O)[O-]. The van der Waals surface area contributed by atoms with Gasteiger partial charge in [0, 0.05) is 13.1 Å². The van der Waals surface area contributed by atoms with E-state index in [2.05, 4.69) is 5.32 Å². The van der Waals surface area contributed by atoms with Crippen molar-refractivity contribution in [3.8, 4) is 0 Å². The molecule has 1 aromatic rings. The summed E-state index contributed by atoms with van der Waals surface area (Å²) in [6.07, 6.45) is -2.72. The molecule has 17 heavy (non-hydrogen) atoms. The topological polar surface area (TPSA) is 116 Å². The summed E-state index contributed by atoms with van der Waals surface area (Å²) in [5.74, 6) is 0. The molecule has 0 aliphatic heterocycles. The van der Waals surface area contributed by atoms with Gasteiger partial charge in [-0.3, -0.25) is 10.1 Å². The molecule has 94 valence electrons. The Kier molecular flexibility index (Phi) is 4.38. The van der Waals surface area contributed by atoms with E-state index in [4.69, 9.17) is 5.11 Å². The number of nitrogens with one attached hydrogen (secondary N) is 1. The predicted molar refractivity (Wildman–Crippen MR) is 60.7 cm³/mol. The van der Waals surface area contributed by atoms with Crippen LogP contribution >= 0.6 is 0 Å². The number of nitro benzene ring substituents is 1. The summed E-state index contributed by atoms with van der Waals surface area (Å²) in [5, 5.41) is 41.0. The lowest BCUT2D eigenvalue weighted by Gasteiger charge is -2.16. The highest BCUT2D eigenvalue weighted by Gasteiger charge is 2.21. The minimum Gasteiger partial charge on any atom is -0.394 e. The molecule has 0 bridgehead atoms. The molecule has 1 aromatic carbocycles. The van der Waals surface area contributed by atoms with E-state index in [1.54, 1.807) is 7.05 Å². The fourth-order valence-electron chi connectivity index (χ4n) is 1.42. The zero-order valence-corrected chi connectivity index (χ0v) is 9.20. The van der Waals surface area contributed by atoms with E-state index in [-0.39, 0.29) is 11.3 Å². The summed E-state index contributed by atoms with van der Waals surface area (Å²) < 4.78 is 0. The first kappa shape index (κ1) is 13.4. The number of nitro groups is 1. The molecule has 0 saturated carbocycles. The molecule has 0 fully saturated rings. The fraction of sp³-hybridized carbons (Fsp3) is 0.400. The number of nitrogens with zero attached hydrogens (tertiary/aromatic N) is 1. The molecule has 0 spiro atoms. The van der Waals surface area contributed by atoms with Crippen LogP contribution in [0, 0.1) is 10.1 Å². The third-order valence-electron chi connectivity index (χ3n) is 2.38. The van der Waals surface area contributed by atoms with Crippen LogP contribution in [0.1, 0.15) is 11.7 Å². The van der Waals surface area contributed by atoms with Gasteiger partial charge in [0.25, 0.3) is 5.69 Å². The molecule has 0 saturated heterocycles. The number of hydrogen-bond donors (Lipinski definition) is 4. The summed E-state index contributed by atoms with van der Waals surface area (Å²) in [4.78, 5) is 10.2. The summed E-state index contributed by atoms with van der Waals surface area (Å²) >= 11 is 0. The standard InChI is InChI=1S/C10H14N2O5/c1-11-7-3-2-6(4-8(7)12(16)17)10(15)9(14)5-13/h2-4,9-11,13-15H,5H2,1H3. The van der Waals surface area contributed by atoms with E-state index >= 15 is 0 Å². The second kappa shape index (κ2) is 5.58. The number of aliphatic hydroxyl groups is 3. The van der Waals surface area contributed by atoms with Gasteiger partial charge in [-0.15, -0.1) is 0 Å². The van der Waals surface area contributed by atoms with Crippen molar-refractivity contribution in [1.29, 1.82) is 0 Å². The van der Waals surface area contributed by atoms with E-state index in [9.17, 15) is 20.3 Å². The normalized spacial score (nSPS) is 14.1. The Balaban J connectivity index is 3.12. The summed E-state index contributed by atoms with van der Waals surface area (Å²) in [5.41, 5.74) is 0.288. The van der Waals surface area contributed by atoms with Crippen molar-refractivity contribution in [1.82, 2.24) is 0 Å². The van der Waals surface area contributed by atoms with Gasteiger partial charge in [-0.25, -0.2) is 0 Å². The second-order valence-electron chi connectivity index (χ2n) is 3.48. The smallest absolute Gasteiger partial charge is 0.292 e. The molecule has 1 rings (SSSR count). The third-order valence-corrected chi connectivity index (χ3v) is 2.38. The Bertz CT molecular complexity index is 410. The van der Waals surface area contributed by atoms with Crippen LogP contribution in [0.15, 0.2) is 18.2 Å². The molecule has 0 aromatic heterocycles. The van der Waals surface area contributed by atoms with Gasteiger partial charge in [0.1, 0.15) is 17.9 Å². The van der Waals surface area contributed by atoms with Crippen LogP contribution in [0.3, 0.4) is 0 Å². The molecular weight excluding hydrogens is 228 g/mol. The van der Waals surface area contributed by atoms with Gasteiger partial charge < -0.3 is 20.6 Å². The maximum Gasteiger partial charge on any atom is 0.292 e. The van der Waals surface area contributed by atoms with E-state index < -0.39 is 23.7 Å². The van der Waals surface area contributed by atoms with Crippen molar-refractivity contribution in [3.05, 3.63) is 33.9 Å². The molecule has 0 amide bonds. The van der Waals surface area contributed by atoms with Crippen molar-refractivity contribution < 1.29 is 20.2 Å². The van der Waals surface area contributed by atoms with Crippen LogP contribution in [0.4, 0.5) is 11.4 Å². The van der Waals surface area contributed by atoms with E-state index in [0.717, 1.165) is 6.07 Å². The largest absolute Gasteiger partial charge is 0.394 e. The number of aliphatic hydroxyl groups excluding tert-OH is 3. The molecule has 0 radical (unpaired) electrons. The Morgan fingerprint density at radius 2 is 2.12 bits per heavy atom. The Hall–Kier alpha value is -1.70. The highest BCUT2D eigenvalue weighted by Crippen LogP contribution is 2.28. The Morgan fingerprint density at radius 3 is 2.59 bits per heavy atom. The van der Waals surface area contributed by atoms with Gasteiger partial charge in [0.2, 0.25) is 0 Å². The number of rotatable bonds is 5.